The molecule has 0 saturated carbocycles. The van der Waals surface area contributed by atoms with Crippen LogP contribution in [0.2, 0.25) is 0 Å². The first kappa shape index (κ1) is 22.0. The van der Waals surface area contributed by atoms with Gasteiger partial charge in [0.05, 0.1) is 18.2 Å². The number of hydrogen-bond acceptors (Lipinski definition) is 6. The van der Waals surface area contributed by atoms with E-state index in [0.717, 1.165) is 11.4 Å². The second-order valence-corrected chi connectivity index (χ2v) is 8.36. The number of ether oxygens (including phenoxy) is 1. The Bertz CT molecular complexity index is 1300. The molecule has 0 bridgehead atoms. The first-order valence-electron chi connectivity index (χ1n) is 10.3. The van der Waals surface area contributed by atoms with E-state index in [1.165, 1.54) is 4.57 Å². The topological polar surface area (TPSA) is 90.5 Å². The highest BCUT2D eigenvalue weighted by Gasteiger charge is 2.23. The van der Waals surface area contributed by atoms with Crippen molar-refractivity contribution in [3.63, 3.8) is 0 Å². The third-order valence-electron chi connectivity index (χ3n) is 5.34. The van der Waals surface area contributed by atoms with Gasteiger partial charge in [-0.05, 0) is 36.6 Å². The molecule has 0 aliphatic carbocycles. The van der Waals surface area contributed by atoms with E-state index in [2.05, 4.69) is 15.5 Å². The minimum Gasteiger partial charge on any atom is -0.383 e. The molecule has 0 spiro atoms. The molecule has 4 rings (SSSR count). The summed E-state index contributed by atoms with van der Waals surface area (Å²) in [5.74, 6) is 1.27. The second kappa shape index (κ2) is 9.97. The number of carbonyl (C=O) groups excluding carboxylic acids is 1. The van der Waals surface area contributed by atoms with Gasteiger partial charge in [0.15, 0.2) is 11.5 Å². The Morgan fingerprint density at radius 2 is 1.94 bits per heavy atom. The summed E-state index contributed by atoms with van der Waals surface area (Å²) < 4.78 is 8.55. The third-order valence-corrected chi connectivity index (χ3v) is 5.99. The van der Waals surface area contributed by atoms with Gasteiger partial charge >= 0.3 is 0 Å². The molecule has 1 aromatic carbocycles. The summed E-state index contributed by atoms with van der Waals surface area (Å²) in [7, 11) is 1.58. The highest BCUT2D eigenvalue weighted by atomic mass is 32.2. The maximum atomic E-state index is 13.5. The Hall–Kier alpha value is -3.17. The van der Waals surface area contributed by atoms with Crippen molar-refractivity contribution in [3.8, 4) is 0 Å². The van der Waals surface area contributed by atoms with Crippen molar-refractivity contribution >= 4 is 34.1 Å². The Morgan fingerprint density at radius 3 is 2.72 bits per heavy atom. The maximum absolute atomic E-state index is 13.5. The molecule has 0 fully saturated rings. The molecule has 9 heteroatoms. The van der Waals surface area contributed by atoms with E-state index in [-0.39, 0.29) is 17.5 Å². The molecule has 0 aliphatic rings. The van der Waals surface area contributed by atoms with Gasteiger partial charge in [-0.2, -0.15) is 11.8 Å². The Balaban J connectivity index is 1.73. The van der Waals surface area contributed by atoms with Crippen LogP contribution in [0.1, 0.15) is 28.6 Å². The second-order valence-electron chi connectivity index (χ2n) is 7.37. The van der Waals surface area contributed by atoms with Crippen LogP contribution in [0.3, 0.4) is 0 Å². The van der Waals surface area contributed by atoms with Crippen molar-refractivity contribution in [3.05, 3.63) is 76.6 Å². The van der Waals surface area contributed by atoms with E-state index in [1.54, 1.807) is 43.3 Å². The highest BCUT2D eigenvalue weighted by Crippen LogP contribution is 2.21. The van der Waals surface area contributed by atoms with E-state index >= 15 is 0 Å². The molecule has 1 atom stereocenters. The number of pyridine rings is 2. The van der Waals surface area contributed by atoms with Crippen LogP contribution in [0.25, 0.3) is 16.4 Å². The summed E-state index contributed by atoms with van der Waals surface area (Å²) in [6.45, 7) is 0.743. The number of methoxy groups -OCH3 is 1. The first-order chi connectivity index (χ1) is 15.6. The molecule has 166 valence electrons. The summed E-state index contributed by atoms with van der Waals surface area (Å²) in [6, 6.07) is 12.5. The molecule has 1 N–H and O–H groups in total. The van der Waals surface area contributed by atoms with Gasteiger partial charge in [0.1, 0.15) is 0 Å². The van der Waals surface area contributed by atoms with Crippen molar-refractivity contribution in [2.45, 2.75) is 19.0 Å². The van der Waals surface area contributed by atoms with Crippen molar-refractivity contribution < 1.29 is 9.53 Å². The number of rotatable bonds is 9. The quantitative estimate of drug-likeness (QED) is 0.421. The molecular weight excluding hydrogens is 426 g/mol. The van der Waals surface area contributed by atoms with Gasteiger partial charge in [-0.15, -0.1) is 10.2 Å². The van der Waals surface area contributed by atoms with Crippen LogP contribution in [0.5, 0.6) is 0 Å². The fourth-order valence-electron chi connectivity index (χ4n) is 3.71. The average Bonchev–Trinajstić information content (AvgIpc) is 3.25. The molecular formula is C23H25N5O3S. The van der Waals surface area contributed by atoms with Crippen LogP contribution >= 0.6 is 11.8 Å². The van der Waals surface area contributed by atoms with Crippen LogP contribution in [0.15, 0.2) is 59.7 Å². The third kappa shape index (κ3) is 4.39. The molecule has 1 amide bonds. The number of fused-ring (bicyclic) bond motifs is 2. The van der Waals surface area contributed by atoms with Crippen molar-refractivity contribution in [2.75, 3.05) is 25.7 Å². The number of thioether (sulfide) groups is 1. The zero-order chi connectivity index (χ0) is 22.5. The fourth-order valence-corrected chi connectivity index (χ4v) is 4.19. The number of carbonyl (C=O) groups is 1. The fraction of sp³-hybridized carbons (Fsp3) is 0.304. The molecule has 32 heavy (non-hydrogen) atoms. The van der Waals surface area contributed by atoms with Gasteiger partial charge in [0.25, 0.3) is 11.5 Å². The van der Waals surface area contributed by atoms with E-state index in [9.17, 15) is 9.59 Å². The highest BCUT2D eigenvalue weighted by molar-refractivity contribution is 7.98. The minimum atomic E-state index is -0.328. The van der Waals surface area contributed by atoms with Crippen LogP contribution in [-0.2, 0) is 11.3 Å². The predicted octanol–water partition coefficient (Wildman–Crippen LogP) is 2.91. The van der Waals surface area contributed by atoms with Crippen molar-refractivity contribution in [2.24, 2.45) is 0 Å². The zero-order valence-electron chi connectivity index (χ0n) is 18.0. The lowest BCUT2D eigenvalue weighted by molar-refractivity contribution is 0.0934. The monoisotopic (exact) mass is 451 g/mol. The lowest BCUT2D eigenvalue weighted by atomic mass is 10.1. The molecule has 0 unspecified atom stereocenters. The summed E-state index contributed by atoms with van der Waals surface area (Å²) in [5, 5.41) is 12.8. The number of benzene rings is 1. The SMILES string of the molecule is COCCn1cc(C(=O)N[C@H](CCSC)c2nnc3ccccn23)c2ccccc2c1=O. The Labute approximate surface area is 189 Å². The minimum absolute atomic E-state index is 0.142. The summed E-state index contributed by atoms with van der Waals surface area (Å²) in [4.78, 5) is 26.3. The summed E-state index contributed by atoms with van der Waals surface area (Å²) in [6.07, 6.45) is 6.24. The first-order valence-corrected chi connectivity index (χ1v) is 11.7. The van der Waals surface area contributed by atoms with Gasteiger partial charge in [-0.3, -0.25) is 14.0 Å². The van der Waals surface area contributed by atoms with Crippen LogP contribution in [-0.4, -0.2) is 50.8 Å². The lowest BCUT2D eigenvalue weighted by Gasteiger charge is -2.18. The molecule has 0 aliphatic heterocycles. The van der Waals surface area contributed by atoms with E-state index in [0.29, 0.717) is 41.7 Å². The zero-order valence-corrected chi connectivity index (χ0v) is 18.8. The molecule has 8 nitrogen and oxygen atoms in total. The van der Waals surface area contributed by atoms with Crippen molar-refractivity contribution in [1.29, 1.82) is 0 Å². The predicted molar refractivity (Wildman–Crippen MR) is 126 cm³/mol. The number of aromatic nitrogens is 4. The molecule has 3 heterocycles. The van der Waals surface area contributed by atoms with Gasteiger partial charge in [0, 0.05) is 36.8 Å². The van der Waals surface area contributed by atoms with Crippen LogP contribution in [0, 0.1) is 0 Å². The smallest absolute Gasteiger partial charge is 0.258 e. The van der Waals surface area contributed by atoms with E-state index in [4.69, 9.17) is 4.74 Å². The van der Waals surface area contributed by atoms with E-state index < -0.39 is 0 Å². The standard InChI is InChI=1S/C23H25N5O3S/c1-31-13-12-27-15-18(16-7-3-4-8-17(16)23(27)30)22(29)24-19(10-14-32-2)21-26-25-20-9-5-6-11-28(20)21/h3-9,11,15,19H,10,12-14H2,1-2H3,(H,24,29)/t19-/m1/s1. The maximum Gasteiger partial charge on any atom is 0.258 e. The Kier molecular flexibility index (Phi) is 6.87. The largest absolute Gasteiger partial charge is 0.383 e. The molecule has 0 radical (unpaired) electrons. The van der Waals surface area contributed by atoms with Crippen LogP contribution < -0.4 is 10.9 Å². The van der Waals surface area contributed by atoms with Gasteiger partial charge in [0.2, 0.25) is 0 Å². The normalized spacial score (nSPS) is 12.3. The van der Waals surface area contributed by atoms with Gasteiger partial charge in [-0.25, -0.2) is 0 Å². The average molecular weight is 452 g/mol. The van der Waals surface area contributed by atoms with Gasteiger partial charge in [-0.1, -0.05) is 24.3 Å². The van der Waals surface area contributed by atoms with Crippen LogP contribution in [0.4, 0.5) is 0 Å². The van der Waals surface area contributed by atoms with Gasteiger partial charge < -0.3 is 14.6 Å². The number of nitrogens with zero attached hydrogens (tertiary/aromatic N) is 4. The van der Waals surface area contributed by atoms with E-state index in [1.807, 2.05) is 41.1 Å². The summed E-state index contributed by atoms with van der Waals surface area (Å²) in [5.41, 5.74) is 1.03. The Morgan fingerprint density at radius 1 is 1.16 bits per heavy atom. The molecule has 4 aromatic rings. The molecule has 0 saturated heterocycles. The lowest BCUT2D eigenvalue weighted by Crippen LogP contribution is -2.32. The number of amides is 1. The summed E-state index contributed by atoms with van der Waals surface area (Å²) >= 11 is 1.70. The number of hydrogen-bond donors (Lipinski definition) is 1. The number of nitrogens with one attached hydrogen (secondary N) is 1. The molecule has 3 aromatic heterocycles. The van der Waals surface area contributed by atoms with Crippen molar-refractivity contribution in [1.82, 2.24) is 24.5 Å².